The summed E-state index contributed by atoms with van der Waals surface area (Å²) in [6.07, 6.45) is 2.33. The molecule has 18 heavy (non-hydrogen) atoms. The normalized spacial score (nSPS) is 17.7. The molecule has 0 aromatic heterocycles. The molecular formula is C15H21NO2. The van der Waals surface area contributed by atoms with E-state index in [9.17, 15) is 4.79 Å². The van der Waals surface area contributed by atoms with Gasteiger partial charge in [-0.1, -0.05) is 23.8 Å². The summed E-state index contributed by atoms with van der Waals surface area (Å²) in [5.74, 6) is -0.148. The van der Waals surface area contributed by atoms with Crippen LogP contribution in [0.15, 0.2) is 18.2 Å². The molecule has 1 aromatic carbocycles. The van der Waals surface area contributed by atoms with Gasteiger partial charge in [-0.15, -0.1) is 0 Å². The lowest BCUT2D eigenvalue weighted by atomic mass is 9.98. The largest absolute Gasteiger partial charge is 0.468 e. The number of benzene rings is 1. The highest BCUT2D eigenvalue weighted by Gasteiger charge is 2.31. The Balaban J connectivity index is 2.38. The number of esters is 1. The monoisotopic (exact) mass is 247 g/mol. The summed E-state index contributed by atoms with van der Waals surface area (Å²) in [6.45, 7) is 6.07. The second-order valence-corrected chi connectivity index (χ2v) is 5.03. The van der Waals surface area contributed by atoms with Gasteiger partial charge >= 0.3 is 5.97 Å². The van der Waals surface area contributed by atoms with E-state index in [-0.39, 0.29) is 12.0 Å². The van der Waals surface area contributed by atoms with Gasteiger partial charge in [-0.2, -0.15) is 0 Å². The second kappa shape index (κ2) is 5.53. The standard InChI is InChI=1S/C15H21NO2/c1-11-6-7-12(2)13(10-11)14(15(17)18-3)16-8-4-5-9-16/h6-7,10,14H,4-5,8-9H2,1-3H3. The van der Waals surface area contributed by atoms with Crippen molar-refractivity contribution in [1.29, 1.82) is 0 Å². The van der Waals surface area contributed by atoms with Gasteiger partial charge in [0.1, 0.15) is 6.04 Å². The molecule has 1 saturated heterocycles. The zero-order chi connectivity index (χ0) is 13.1. The number of nitrogens with zero attached hydrogens (tertiary/aromatic N) is 1. The van der Waals surface area contributed by atoms with Crippen molar-refractivity contribution in [2.45, 2.75) is 32.7 Å². The molecule has 1 aliphatic rings. The molecular weight excluding hydrogens is 226 g/mol. The number of hydrogen-bond acceptors (Lipinski definition) is 3. The van der Waals surface area contributed by atoms with E-state index in [1.54, 1.807) is 0 Å². The average molecular weight is 247 g/mol. The van der Waals surface area contributed by atoms with Crippen molar-refractivity contribution >= 4 is 5.97 Å². The molecule has 1 aromatic rings. The Bertz CT molecular complexity index is 436. The van der Waals surface area contributed by atoms with E-state index in [0.717, 1.165) is 24.2 Å². The fraction of sp³-hybridized carbons (Fsp3) is 0.533. The van der Waals surface area contributed by atoms with Crippen LogP contribution in [0.3, 0.4) is 0 Å². The van der Waals surface area contributed by atoms with Crippen LogP contribution in [-0.2, 0) is 9.53 Å². The lowest BCUT2D eigenvalue weighted by Crippen LogP contribution is -2.33. The zero-order valence-electron chi connectivity index (χ0n) is 11.4. The Kier molecular flexibility index (Phi) is 4.02. The molecule has 0 spiro atoms. The molecule has 0 amide bonds. The minimum Gasteiger partial charge on any atom is -0.468 e. The lowest BCUT2D eigenvalue weighted by Gasteiger charge is -2.27. The number of likely N-dealkylation sites (tertiary alicyclic amines) is 1. The van der Waals surface area contributed by atoms with Crippen molar-refractivity contribution in [1.82, 2.24) is 4.90 Å². The van der Waals surface area contributed by atoms with Crippen LogP contribution < -0.4 is 0 Å². The molecule has 1 atom stereocenters. The molecule has 0 N–H and O–H groups in total. The van der Waals surface area contributed by atoms with E-state index in [0.29, 0.717) is 0 Å². The number of rotatable bonds is 3. The summed E-state index contributed by atoms with van der Waals surface area (Å²) in [6, 6.07) is 6.03. The first-order chi connectivity index (χ1) is 8.63. The summed E-state index contributed by atoms with van der Waals surface area (Å²) in [4.78, 5) is 14.3. The Morgan fingerprint density at radius 2 is 1.94 bits per heavy atom. The summed E-state index contributed by atoms with van der Waals surface area (Å²) in [7, 11) is 1.47. The summed E-state index contributed by atoms with van der Waals surface area (Å²) < 4.78 is 4.99. The molecule has 1 aliphatic heterocycles. The minimum absolute atomic E-state index is 0.148. The molecule has 0 radical (unpaired) electrons. The van der Waals surface area contributed by atoms with Crippen molar-refractivity contribution < 1.29 is 9.53 Å². The van der Waals surface area contributed by atoms with E-state index in [4.69, 9.17) is 4.74 Å². The van der Waals surface area contributed by atoms with Crippen LogP contribution in [-0.4, -0.2) is 31.1 Å². The summed E-state index contributed by atoms with van der Waals surface area (Å²) in [5.41, 5.74) is 3.43. The van der Waals surface area contributed by atoms with Gasteiger partial charge in [-0.3, -0.25) is 4.90 Å². The van der Waals surface area contributed by atoms with Crippen LogP contribution in [0, 0.1) is 13.8 Å². The van der Waals surface area contributed by atoms with Gasteiger partial charge in [-0.05, 0) is 50.9 Å². The Morgan fingerprint density at radius 1 is 1.28 bits per heavy atom. The second-order valence-electron chi connectivity index (χ2n) is 5.03. The molecule has 3 nitrogen and oxygen atoms in total. The highest BCUT2D eigenvalue weighted by atomic mass is 16.5. The fourth-order valence-electron chi connectivity index (χ4n) is 2.64. The highest BCUT2D eigenvalue weighted by molar-refractivity contribution is 5.78. The van der Waals surface area contributed by atoms with Gasteiger partial charge in [0, 0.05) is 0 Å². The van der Waals surface area contributed by atoms with Crippen LogP contribution in [0.4, 0.5) is 0 Å². The molecule has 1 unspecified atom stereocenters. The van der Waals surface area contributed by atoms with Gasteiger partial charge in [0.05, 0.1) is 7.11 Å². The predicted octanol–water partition coefficient (Wildman–Crippen LogP) is 2.61. The Morgan fingerprint density at radius 3 is 2.56 bits per heavy atom. The van der Waals surface area contributed by atoms with E-state index in [1.165, 1.54) is 25.5 Å². The quantitative estimate of drug-likeness (QED) is 0.769. The number of carbonyl (C=O) groups excluding carboxylic acids is 1. The maximum atomic E-state index is 12.1. The third kappa shape index (κ3) is 2.56. The predicted molar refractivity (Wildman–Crippen MR) is 71.5 cm³/mol. The maximum absolute atomic E-state index is 12.1. The number of hydrogen-bond donors (Lipinski definition) is 0. The van der Waals surface area contributed by atoms with Crippen molar-refractivity contribution in [3.63, 3.8) is 0 Å². The smallest absolute Gasteiger partial charge is 0.327 e. The first kappa shape index (κ1) is 13.1. The Labute approximate surface area is 109 Å². The lowest BCUT2D eigenvalue weighted by molar-refractivity contribution is -0.146. The van der Waals surface area contributed by atoms with Gasteiger partial charge in [0.2, 0.25) is 0 Å². The fourth-order valence-corrected chi connectivity index (χ4v) is 2.64. The van der Waals surface area contributed by atoms with Crippen molar-refractivity contribution in [3.8, 4) is 0 Å². The first-order valence-electron chi connectivity index (χ1n) is 6.52. The Hall–Kier alpha value is -1.35. The van der Waals surface area contributed by atoms with Gasteiger partial charge in [0.25, 0.3) is 0 Å². The molecule has 1 heterocycles. The van der Waals surface area contributed by atoms with Crippen LogP contribution in [0.2, 0.25) is 0 Å². The van der Waals surface area contributed by atoms with Crippen molar-refractivity contribution in [3.05, 3.63) is 34.9 Å². The third-order valence-electron chi connectivity index (χ3n) is 3.66. The first-order valence-corrected chi connectivity index (χ1v) is 6.52. The molecule has 3 heteroatoms. The van der Waals surface area contributed by atoms with E-state index in [2.05, 4.69) is 36.9 Å². The molecule has 0 bridgehead atoms. The van der Waals surface area contributed by atoms with Gasteiger partial charge in [-0.25, -0.2) is 4.79 Å². The molecule has 0 saturated carbocycles. The third-order valence-corrected chi connectivity index (χ3v) is 3.66. The summed E-state index contributed by atoms with van der Waals surface area (Å²) in [5, 5.41) is 0. The zero-order valence-corrected chi connectivity index (χ0v) is 11.4. The van der Waals surface area contributed by atoms with Crippen LogP contribution in [0.1, 0.15) is 35.6 Å². The van der Waals surface area contributed by atoms with E-state index in [1.807, 2.05) is 0 Å². The number of carbonyl (C=O) groups is 1. The SMILES string of the molecule is COC(=O)C(c1cc(C)ccc1C)N1CCCC1. The molecule has 0 aliphatic carbocycles. The topological polar surface area (TPSA) is 29.5 Å². The van der Waals surface area contributed by atoms with Gasteiger partial charge < -0.3 is 4.74 Å². The van der Waals surface area contributed by atoms with Gasteiger partial charge in [0.15, 0.2) is 0 Å². The van der Waals surface area contributed by atoms with Crippen LogP contribution in [0.5, 0.6) is 0 Å². The van der Waals surface area contributed by atoms with Crippen molar-refractivity contribution in [2.75, 3.05) is 20.2 Å². The highest BCUT2D eigenvalue weighted by Crippen LogP contribution is 2.29. The minimum atomic E-state index is -0.239. The average Bonchev–Trinajstić information content (AvgIpc) is 2.87. The molecule has 98 valence electrons. The van der Waals surface area contributed by atoms with Crippen LogP contribution >= 0.6 is 0 Å². The van der Waals surface area contributed by atoms with Crippen LogP contribution in [0.25, 0.3) is 0 Å². The van der Waals surface area contributed by atoms with E-state index < -0.39 is 0 Å². The van der Waals surface area contributed by atoms with E-state index >= 15 is 0 Å². The molecule has 2 rings (SSSR count). The molecule has 1 fully saturated rings. The number of aryl methyl sites for hydroxylation is 2. The number of methoxy groups -OCH3 is 1. The summed E-state index contributed by atoms with van der Waals surface area (Å²) >= 11 is 0. The number of ether oxygens (including phenoxy) is 1. The maximum Gasteiger partial charge on any atom is 0.327 e. The van der Waals surface area contributed by atoms with Crippen molar-refractivity contribution in [2.24, 2.45) is 0 Å².